The molecule has 92 valence electrons. The van der Waals surface area contributed by atoms with Gasteiger partial charge in [-0.25, -0.2) is 0 Å². The van der Waals surface area contributed by atoms with Gasteiger partial charge in [0, 0.05) is 23.6 Å². The third-order valence-corrected chi connectivity index (χ3v) is 3.01. The molecule has 1 aliphatic heterocycles. The molecule has 0 bridgehead atoms. The third-order valence-electron chi connectivity index (χ3n) is 2.79. The molecule has 0 saturated carbocycles. The fourth-order valence-electron chi connectivity index (χ4n) is 1.83. The SMILES string of the molecule is C[C@H](NCc1cc(Cl)cc2c1OCC2)C(=O)O. The van der Waals surface area contributed by atoms with Gasteiger partial charge in [-0.15, -0.1) is 0 Å². The summed E-state index contributed by atoms with van der Waals surface area (Å²) < 4.78 is 5.53. The third kappa shape index (κ3) is 2.70. The maximum atomic E-state index is 10.7. The number of fused-ring (bicyclic) bond motifs is 1. The van der Waals surface area contributed by atoms with Crippen LogP contribution in [0.3, 0.4) is 0 Å². The molecule has 0 unspecified atom stereocenters. The van der Waals surface area contributed by atoms with E-state index < -0.39 is 12.0 Å². The second-order valence-electron chi connectivity index (χ2n) is 4.09. The van der Waals surface area contributed by atoms with Gasteiger partial charge in [0.05, 0.1) is 6.61 Å². The fourth-order valence-corrected chi connectivity index (χ4v) is 2.09. The normalized spacial score (nSPS) is 15.2. The van der Waals surface area contributed by atoms with Crippen molar-refractivity contribution in [2.45, 2.75) is 25.9 Å². The molecule has 1 heterocycles. The molecule has 5 heteroatoms. The molecule has 0 amide bonds. The highest BCUT2D eigenvalue weighted by Crippen LogP contribution is 2.32. The van der Waals surface area contributed by atoms with E-state index in [1.54, 1.807) is 6.92 Å². The van der Waals surface area contributed by atoms with Crippen molar-refractivity contribution >= 4 is 17.6 Å². The molecule has 2 N–H and O–H groups in total. The summed E-state index contributed by atoms with van der Waals surface area (Å²) in [5.41, 5.74) is 2.01. The standard InChI is InChI=1S/C12H14ClNO3/c1-7(12(15)16)14-6-9-5-10(13)4-8-2-3-17-11(8)9/h4-5,7,14H,2-3,6H2,1H3,(H,15,16)/t7-/m0/s1. The Morgan fingerprint density at radius 2 is 2.41 bits per heavy atom. The van der Waals surface area contributed by atoms with Crippen LogP contribution in [-0.2, 0) is 17.8 Å². The maximum absolute atomic E-state index is 10.7. The van der Waals surface area contributed by atoms with Crippen molar-refractivity contribution in [2.24, 2.45) is 0 Å². The molecular formula is C12H14ClNO3. The van der Waals surface area contributed by atoms with Crippen molar-refractivity contribution in [3.05, 3.63) is 28.3 Å². The second kappa shape index (κ2) is 4.94. The van der Waals surface area contributed by atoms with Gasteiger partial charge in [-0.3, -0.25) is 4.79 Å². The number of carboxylic acids is 1. The van der Waals surface area contributed by atoms with Crippen LogP contribution >= 0.6 is 11.6 Å². The Labute approximate surface area is 105 Å². The van der Waals surface area contributed by atoms with Gasteiger partial charge in [-0.1, -0.05) is 11.6 Å². The average molecular weight is 256 g/mol. The molecule has 1 atom stereocenters. The van der Waals surface area contributed by atoms with Crippen LogP contribution in [0.25, 0.3) is 0 Å². The fraction of sp³-hybridized carbons (Fsp3) is 0.417. The van der Waals surface area contributed by atoms with Crippen molar-refractivity contribution < 1.29 is 14.6 Å². The van der Waals surface area contributed by atoms with Gasteiger partial charge < -0.3 is 15.2 Å². The monoisotopic (exact) mass is 255 g/mol. The summed E-state index contributed by atoms with van der Waals surface area (Å²) in [7, 11) is 0. The molecule has 0 spiro atoms. The molecule has 0 aromatic heterocycles. The minimum absolute atomic E-state index is 0.441. The van der Waals surface area contributed by atoms with E-state index >= 15 is 0 Å². The highest BCUT2D eigenvalue weighted by atomic mass is 35.5. The molecule has 1 aromatic rings. The van der Waals surface area contributed by atoms with Crippen LogP contribution in [0, 0.1) is 0 Å². The first-order chi connectivity index (χ1) is 8.08. The Hall–Kier alpha value is -1.26. The van der Waals surface area contributed by atoms with Gasteiger partial charge in [0.15, 0.2) is 0 Å². The summed E-state index contributed by atoms with van der Waals surface area (Å²) in [4.78, 5) is 10.7. The molecule has 1 aromatic carbocycles. The second-order valence-corrected chi connectivity index (χ2v) is 4.53. The van der Waals surface area contributed by atoms with Crippen LogP contribution in [0.15, 0.2) is 12.1 Å². The van der Waals surface area contributed by atoms with Crippen molar-refractivity contribution in [1.29, 1.82) is 0 Å². The predicted octanol–water partition coefficient (Wildman–Crippen LogP) is 1.84. The largest absolute Gasteiger partial charge is 0.493 e. The van der Waals surface area contributed by atoms with Gasteiger partial charge in [0.1, 0.15) is 11.8 Å². The summed E-state index contributed by atoms with van der Waals surface area (Å²) in [5.74, 6) is -0.0240. The summed E-state index contributed by atoms with van der Waals surface area (Å²) in [5, 5.41) is 12.4. The topological polar surface area (TPSA) is 58.6 Å². The van der Waals surface area contributed by atoms with E-state index in [4.69, 9.17) is 21.4 Å². The lowest BCUT2D eigenvalue weighted by Crippen LogP contribution is -2.33. The number of carbonyl (C=O) groups is 1. The van der Waals surface area contributed by atoms with Gasteiger partial charge >= 0.3 is 5.97 Å². The van der Waals surface area contributed by atoms with Crippen molar-refractivity contribution in [2.75, 3.05) is 6.61 Å². The van der Waals surface area contributed by atoms with E-state index in [0.717, 1.165) is 23.3 Å². The highest BCUT2D eigenvalue weighted by Gasteiger charge is 2.18. The van der Waals surface area contributed by atoms with Crippen molar-refractivity contribution in [3.63, 3.8) is 0 Å². The zero-order valence-electron chi connectivity index (χ0n) is 9.50. The van der Waals surface area contributed by atoms with Crippen LogP contribution in [-0.4, -0.2) is 23.7 Å². The summed E-state index contributed by atoms with van der Waals surface area (Å²) in [6.45, 7) is 2.71. The zero-order valence-corrected chi connectivity index (χ0v) is 10.3. The zero-order chi connectivity index (χ0) is 12.4. The minimum atomic E-state index is -0.871. The molecule has 0 fully saturated rings. The molecular weight excluding hydrogens is 242 g/mol. The first kappa shape index (κ1) is 12.2. The van der Waals surface area contributed by atoms with E-state index in [0.29, 0.717) is 18.2 Å². The maximum Gasteiger partial charge on any atom is 0.320 e. The van der Waals surface area contributed by atoms with Gasteiger partial charge in [-0.05, 0) is 24.6 Å². The van der Waals surface area contributed by atoms with Crippen LogP contribution < -0.4 is 10.1 Å². The number of hydrogen-bond acceptors (Lipinski definition) is 3. The Morgan fingerprint density at radius 3 is 3.12 bits per heavy atom. The summed E-state index contributed by atoms with van der Waals surface area (Å²) in [6.07, 6.45) is 0.859. The van der Waals surface area contributed by atoms with E-state index in [1.165, 1.54) is 0 Å². The Morgan fingerprint density at radius 1 is 1.65 bits per heavy atom. The van der Waals surface area contributed by atoms with Crippen LogP contribution in [0.1, 0.15) is 18.1 Å². The molecule has 4 nitrogen and oxygen atoms in total. The molecule has 2 rings (SSSR count). The molecule has 1 aliphatic rings. The Kier molecular flexibility index (Phi) is 3.54. The number of halogens is 1. The number of carboxylic acid groups (broad SMARTS) is 1. The van der Waals surface area contributed by atoms with Crippen LogP contribution in [0.2, 0.25) is 5.02 Å². The van der Waals surface area contributed by atoms with E-state index in [9.17, 15) is 4.79 Å². The highest BCUT2D eigenvalue weighted by molar-refractivity contribution is 6.30. The molecule has 0 saturated heterocycles. The number of nitrogens with one attached hydrogen (secondary N) is 1. The number of hydrogen-bond donors (Lipinski definition) is 2. The first-order valence-electron chi connectivity index (χ1n) is 5.48. The summed E-state index contributed by atoms with van der Waals surface area (Å²) >= 11 is 6.01. The molecule has 17 heavy (non-hydrogen) atoms. The molecule has 0 radical (unpaired) electrons. The minimum Gasteiger partial charge on any atom is -0.493 e. The van der Waals surface area contributed by atoms with Gasteiger partial charge in [0.2, 0.25) is 0 Å². The average Bonchev–Trinajstić information content (AvgIpc) is 2.72. The van der Waals surface area contributed by atoms with E-state index in [2.05, 4.69) is 5.32 Å². The van der Waals surface area contributed by atoms with E-state index in [1.807, 2.05) is 12.1 Å². The van der Waals surface area contributed by atoms with Crippen molar-refractivity contribution in [1.82, 2.24) is 5.32 Å². The van der Waals surface area contributed by atoms with Crippen LogP contribution in [0.4, 0.5) is 0 Å². The lowest BCUT2D eigenvalue weighted by molar-refractivity contribution is -0.139. The Balaban J connectivity index is 2.13. The van der Waals surface area contributed by atoms with E-state index in [-0.39, 0.29) is 0 Å². The van der Waals surface area contributed by atoms with Crippen LogP contribution in [0.5, 0.6) is 5.75 Å². The quantitative estimate of drug-likeness (QED) is 0.862. The lowest BCUT2D eigenvalue weighted by Gasteiger charge is -2.12. The first-order valence-corrected chi connectivity index (χ1v) is 5.86. The lowest BCUT2D eigenvalue weighted by atomic mass is 10.1. The number of rotatable bonds is 4. The Bertz CT molecular complexity index is 448. The smallest absolute Gasteiger partial charge is 0.320 e. The summed E-state index contributed by atoms with van der Waals surface area (Å²) in [6, 6.07) is 3.12. The van der Waals surface area contributed by atoms with Gasteiger partial charge in [0.25, 0.3) is 0 Å². The van der Waals surface area contributed by atoms with Crippen molar-refractivity contribution in [3.8, 4) is 5.75 Å². The predicted molar refractivity (Wildman–Crippen MR) is 64.6 cm³/mol. The number of benzene rings is 1. The number of ether oxygens (including phenoxy) is 1. The molecule has 0 aliphatic carbocycles. The van der Waals surface area contributed by atoms with Gasteiger partial charge in [-0.2, -0.15) is 0 Å². The number of aliphatic carboxylic acids is 1.